The molecular formula is C9H15N5S. The smallest absolute Gasteiger partial charge is 0.234 e. The highest BCUT2D eigenvalue weighted by atomic mass is 32.1. The standard InChI is InChI=1S/C9H15N5S/c1-6(2)3-7(4-10)8-13-14-5-11-12-9(14)15-8/h5-7H,3-4,10H2,1-2H3. The fourth-order valence-electron chi connectivity index (χ4n) is 1.61. The Labute approximate surface area is 92.3 Å². The van der Waals surface area contributed by atoms with Crippen LogP contribution in [0.1, 0.15) is 31.2 Å². The van der Waals surface area contributed by atoms with Gasteiger partial charge in [-0.25, -0.2) is 0 Å². The Morgan fingerprint density at radius 3 is 2.93 bits per heavy atom. The van der Waals surface area contributed by atoms with Gasteiger partial charge in [-0.1, -0.05) is 25.2 Å². The van der Waals surface area contributed by atoms with Crippen molar-refractivity contribution in [3.05, 3.63) is 11.3 Å². The minimum absolute atomic E-state index is 0.344. The van der Waals surface area contributed by atoms with E-state index in [1.165, 1.54) is 0 Å². The molecule has 5 nitrogen and oxygen atoms in total. The van der Waals surface area contributed by atoms with Gasteiger partial charge in [0.25, 0.3) is 0 Å². The Morgan fingerprint density at radius 1 is 1.53 bits per heavy atom. The number of rotatable bonds is 4. The molecule has 2 aromatic heterocycles. The zero-order chi connectivity index (χ0) is 10.8. The summed E-state index contributed by atoms with van der Waals surface area (Å²) < 4.78 is 1.71. The van der Waals surface area contributed by atoms with Gasteiger partial charge in [-0.05, 0) is 12.3 Å². The van der Waals surface area contributed by atoms with Crippen molar-refractivity contribution >= 4 is 16.3 Å². The van der Waals surface area contributed by atoms with Crippen molar-refractivity contribution in [3.8, 4) is 0 Å². The van der Waals surface area contributed by atoms with Gasteiger partial charge < -0.3 is 5.73 Å². The third-order valence-electron chi connectivity index (χ3n) is 2.29. The predicted octanol–water partition coefficient (Wildman–Crippen LogP) is 1.27. The lowest BCUT2D eigenvalue weighted by Gasteiger charge is -2.13. The monoisotopic (exact) mass is 225 g/mol. The van der Waals surface area contributed by atoms with Crippen LogP contribution in [0.4, 0.5) is 0 Å². The summed E-state index contributed by atoms with van der Waals surface area (Å²) in [6.45, 7) is 5.04. The van der Waals surface area contributed by atoms with Crippen molar-refractivity contribution in [2.24, 2.45) is 11.7 Å². The van der Waals surface area contributed by atoms with Gasteiger partial charge in [-0.3, -0.25) is 0 Å². The third kappa shape index (κ3) is 2.15. The number of hydrogen-bond donors (Lipinski definition) is 1. The molecule has 15 heavy (non-hydrogen) atoms. The summed E-state index contributed by atoms with van der Waals surface area (Å²) in [6.07, 6.45) is 2.69. The van der Waals surface area contributed by atoms with E-state index in [-0.39, 0.29) is 0 Å². The molecule has 0 aliphatic heterocycles. The van der Waals surface area contributed by atoms with Gasteiger partial charge in [0.15, 0.2) is 0 Å². The lowest BCUT2D eigenvalue weighted by Crippen LogP contribution is -2.14. The molecule has 2 aromatic rings. The zero-order valence-electron chi connectivity index (χ0n) is 8.92. The first kappa shape index (κ1) is 10.5. The number of hydrogen-bond acceptors (Lipinski definition) is 5. The van der Waals surface area contributed by atoms with Crippen LogP contribution in [-0.4, -0.2) is 26.4 Å². The van der Waals surface area contributed by atoms with Crippen molar-refractivity contribution in [2.75, 3.05) is 6.54 Å². The molecular weight excluding hydrogens is 210 g/mol. The SMILES string of the molecule is CC(C)CC(CN)c1nn2cnnc2s1. The normalized spacial score (nSPS) is 13.9. The molecule has 1 atom stereocenters. The van der Waals surface area contributed by atoms with Crippen LogP contribution in [0.2, 0.25) is 0 Å². The topological polar surface area (TPSA) is 69.1 Å². The average Bonchev–Trinajstić information content (AvgIpc) is 2.72. The van der Waals surface area contributed by atoms with E-state index in [0.29, 0.717) is 18.4 Å². The van der Waals surface area contributed by atoms with Crippen LogP contribution in [0, 0.1) is 5.92 Å². The van der Waals surface area contributed by atoms with Crippen LogP contribution in [0.15, 0.2) is 6.33 Å². The summed E-state index contributed by atoms with van der Waals surface area (Å²) in [5.41, 5.74) is 5.77. The first-order valence-electron chi connectivity index (χ1n) is 5.07. The fraction of sp³-hybridized carbons (Fsp3) is 0.667. The molecule has 2 N–H and O–H groups in total. The largest absolute Gasteiger partial charge is 0.330 e. The molecule has 0 bridgehead atoms. The molecule has 6 heteroatoms. The minimum atomic E-state index is 0.344. The molecule has 82 valence electrons. The molecule has 0 radical (unpaired) electrons. The molecule has 0 saturated carbocycles. The lowest BCUT2D eigenvalue weighted by atomic mass is 9.98. The maximum absolute atomic E-state index is 5.77. The van der Waals surface area contributed by atoms with Crippen LogP contribution in [0.5, 0.6) is 0 Å². The summed E-state index contributed by atoms with van der Waals surface area (Å²) in [4.78, 5) is 0.840. The molecule has 1 unspecified atom stereocenters. The Kier molecular flexibility index (Phi) is 2.97. The number of fused-ring (bicyclic) bond motifs is 1. The maximum Gasteiger partial charge on any atom is 0.234 e. The van der Waals surface area contributed by atoms with Gasteiger partial charge in [0.05, 0.1) is 0 Å². The van der Waals surface area contributed by atoms with Gasteiger partial charge in [-0.15, -0.1) is 10.2 Å². The average molecular weight is 225 g/mol. The van der Waals surface area contributed by atoms with Gasteiger partial charge >= 0.3 is 0 Å². The Balaban J connectivity index is 2.24. The minimum Gasteiger partial charge on any atom is -0.330 e. The van der Waals surface area contributed by atoms with E-state index >= 15 is 0 Å². The van der Waals surface area contributed by atoms with Gasteiger partial charge in [-0.2, -0.15) is 9.61 Å². The predicted molar refractivity (Wildman–Crippen MR) is 59.9 cm³/mol. The first-order chi connectivity index (χ1) is 7.20. The third-order valence-corrected chi connectivity index (χ3v) is 3.37. The van der Waals surface area contributed by atoms with Crippen molar-refractivity contribution < 1.29 is 0 Å². The summed E-state index contributed by atoms with van der Waals surface area (Å²) in [7, 11) is 0. The van der Waals surface area contributed by atoms with Gasteiger partial charge in [0.1, 0.15) is 11.3 Å². The Morgan fingerprint density at radius 2 is 2.33 bits per heavy atom. The molecule has 0 spiro atoms. The number of nitrogens with zero attached hydrogens (tertiary/aromatic N) is 4. The van der Waals surface area contributed by atoms with Gasteiger partial charge in [0.2, 0.25) is 4.96 Å². The highest BCUT2D eigenvalue weighted by Gasteiger charge is 2.17. The van der Waals surface area contributed by atoms with E-state index in [0.717, 1.165) is 16.4 Å². The summed E-state index contributed by atoms with van der Waals surface area (Å²) in [6, 6.07) is 0. The Bertz CT molecular complexity index is 404. The van der Waals surface area contributed by atoms with Crippen LogP contribution >= 0.6 is 11.3 Å². The van der Waals surface area contributed by atoms with Gasteiger partial charge in [0, 0.05) is 12.5 Å². The van der Waals surface area contributed by atoms with Crippen molar-refractivity contribution in [1.29, 1.82) is 0 Å². The molecule has 0 aromatic carbocycles. The zero-order valence-corrected chi connectivity index (χ0v) is 9.74. The highest BCUT2D eigenvalue weighted by molar-refractivity contribution is 7.16. The summed E-state index contributed by atoms with van der Waals surface area (Å²) >= 11 is 1.58. The van der Waals surface area contributed by atoms with Crippen LogP contribution in [0.3, 0.4) is 0 Å². The van der Waals surface area contributed by atoms with Crippen LogP contribution in [-0.2, 0) is 0 Å². The number of aromatic nitrogens is 4. The molecule has 0 aliphatic rings. The molecule has 0 aliphatic carbocycles. The van der Waals surface area contributed by atoms with E-state index in [1.807, 2.05) is 0 Å². The maximum atomic E-state index is 5.77. The first-order valence-corrected chi connectivity index (χ1v) is 5.89. The lowest BCUT2D eigenvalue weighted by molar-refractivity contribution is 0.499. The van der Waals surface area contributed by atoms with E-state index in [1.54, 1.807) is 22.2 Å². The van der Waals surface area contributed by atoms with Crippen molar-refractivity contribution in [1.82, 2.24) is 19.8 Å². The molecule has 0 amide bonds. The van der Waals surface area contributed by atoms with Crippen LogP contribution < -0.4 is 5.73 Å². The molecule has 2 heterocycles. The second-order valence-corrected chi connectivity index (χ2v) is 5.05. The summed E-state index contributed by atoms with van der Waals surface area (Å²) in [5.74, 6) is 0.976. The van der Waals surface area contributed by atoms with Crippen molar-refractivity contribution in [3.63, 3.8) is 0 Å². The van der Waals surface area contributed by atoms with E-state index < -0.39 is 0 Å². The van der Waals surface area contributed by atoms with E-state index in [4.69, 9.17) is 5.73 Å². The van der Waals surface area contributed by atoms with Crippen molar-refractivity contribution in [2.45, 2.75) is 26.2 Å². The molecule has 0 saturated heterocycles. The van der Waals surface area contributed by atoms with E-state index in [2.05, 4.69) is 29.1 Å². The highest BCUT2D eigenvalue weighted by Crippen LogP contribution is 2.26. The van der Waals surface area contributed by atoms with Crippen LogP contribution in [0.25, 0.3) is 4.96 Å². The summed E-state index contributed by atoms with van der Waals surface area (Å²) in [5, 5.41) is 13.2. The fourth-order valence-corrected chi connectivity index (χ4v) is 2.55. The van der Waals surface area contributed by atoms with E-state index in [9.17, 15) is 0 Å². The Hall–Kier alpha value is -1.01. The second kappa shape index (κ2) is 4.24. The molecule has 2 rings (SSSR count). The number of nitrogens with two attached hydrogens (primary N) is 1. The molecule has 0 fully saturated rings. The quantitative estimate of drug-likeness (QED) is 0.851. The second-order valence-electron chi connectivity index (χ2n) is 4.06.